The Morgan fingerprint density at radius 3 is 2.72 bits per heavy atom. The largest absolute Gasteiger partial charge is 0.452 e. The average Bonchev–Trinajstić information content (AvgIpc) is 2.95. The van der Waals surface area contributed by atoms with Crippen molar-refractivity contribution in [3.63, 3.8) is 0 Å². The highest BCUT2D eigenvalue weighted by Crippen LogP contribution is 2.31. The summed E-state index contributed by atoms with van der Waals surface area (Å²) in [5.41, 5.74) is 0.513. The van der Waals surface area contributed by atoms with Gasteiger partial charge in [-0.25, -0.2) is 9.78 Å². The van der Waals surface area contributed by atoms with Crippen LogP contribution in [-0.2, 0) is 19.1 Å². The lowest BCUT2D eigenvalue weighted by Gasteiger charge is -2.11. The van der Waals surface area contributed by atoms with Crippen molar-refractivity contribution in [2.75, 3.05) is 19.0 Å². The minimum atomic E-state index is -0.764. The van der Waals surface area contributed by atoms with E-state index >= 15 is 0 Å². The Morgan fingerprint density at radius 2 is 2.03 bits per heavy atom. The molecule has 1 aromatic carbocycles. The molecule has 1 saturated heterocycles. The Labute approximate surface area is 175 Å². The van der Waals surface area contributed by atoms with Gasteiger partial charge in [-0.1, -0.05) is 35.5 Å². The maximum Gasteiger partial charge on any atom is 0.341 e. The van der Waals surface area contributed by atoms with Crippen LogP contribution in [0.2, 0.25) is 5.02 Å². The molecule has 1 aliphatic rings. The number of anilines is 1. The van der Waals surface area contributed by atoms with Gasteiger partial charge in [0.1, 0.15) is 5.03 Å². The normalized spacial score (nSPS) is 16.1. The molecule has 1 fully saturated rings. The fraction of sp³-hybridized carbons (Fsp3) is 0.211. The zero-order valence-corrected chi connectivity index (χ0v) is 16.8. The Kier molecular flexibility index (Phi) is 6.50. The second kappa shape index (κ2) is 9.06. The summed E-state index contributed by atoms with van der Waals surface area (Å²) in [6, 6.07) is 9.69. The SMILES string of the molecule is CN1C(=O)CC(Sc2ncccc2C(=O)OCC(=O)Nc2ccccc2Cl)C1=O. The number of para-hydroxylation sites is 1. The first-order chi connectivity index (χ1) is 13.9. The number of halogens is 1. The van der Waals surface area contributed by atoms with Gasteiger partial charge in [-0.15, -0.1) is 0 Å². The van der Waals surface area contributed by atoms with E-state index in [1.807, 2.05) is 0 Å². The smallest absolute Gasteiger partial charge is 0.341 e. The summed E-state index contributed by atoms with van der Waals surface area (Å²) in [6.07, 6.45) is 1.50. The van der Waals surface area contributed by atoms with Crippen LogP contribution in [0.5, 0.6) is 0 Å². The molecule has 3 amide bonds. The van der Waals surface area contributed by atoms with Crippen molar-refractivity contribution in [1.82, 2.24) is 9.88 Å². The van der Waals surface area contributed by atoms with Gasteiger partial charge in [0.05, 0.1) is 21.5 Å². The highest BCUT2D eigenvalue weighted by molar-refractivity contribution is 8.00. The number of ether oxygens (including phenoxy) is 1. The van der Waals surface area contributed by atoms with E-state index < -0.39 is 23.7 Å². The molecule has 1 atom stereocenters. The highest BCUT2D eigenvalue weighted by atomic mass is 35.5. The monoisotopic (exact) mass is 433 g/mol. The molecule has 1 aromatic heterocycles. The molecule has 1 unspecified atom stereocenters. The number of nitrogens with zero attached hydrogens (tertiary/aromatic N) is 2. The maximum atomic E-state index is 12.4. The van der Waals surface area contributed by atoms with Crippen molar-refractivity contribution in [3.8, 4) is 0 Å². The molecule has 0 radical (unpaired) electrons. The standard InChI is InChI=1S/C19H16ClN3O5S/c1-23-16(25)9-14(18(23)26)29-17-11(5-4-8-21-17)19(27)28-10-15(24)22-13-7-3-2-6-12(13)20/h2-8,14H,9-10H2,1H3,(H,22,24). The van der Waals surface area contributed by atoms with Gasteiger partial charge < -0.3 is 10.1 Å². The summed E-state index contributed by atoms with van der Waals surface area (Å²) < 4.78 is 5.07. The van der Waals surface area contributed by atoms with Gasteiger partial charge in [-0.3, -0.25) is 19.3 Å². The first kappa shape index (κ1) is 20.8. The van der Waals surface area contributed by atoms with Crippen molar-refractivity contribution in [2.24, 2.45) is 0 Å². The van der Waals surface area contributed by atoms with E-state index in [2.05, 4.69) is 10.3 Å². The lowest BCUT2D eigenvalue weighted by atomic mass is 10.3. The summed E-state index contributed by atoms with van der Waals surface area (Å²) in [7, 11) is 1.41. The van der Waals surface area contributed by atoms with Crippen molar-refractivity contribution in [3.05, 3.63) is 53.2 Å². The molecular formula is C19H16ClN3O5S. The quantitative estimate of drug-likeness (QED) is 0.550. The number of imide groups is 1. The van der Waals surface area contributed by atoms with Gasteiger partial charge in [0.25, 0.3) is 5.91 Å². The van der Waals surface area contributed by atoms with E-state index in [1.54, 1.807) is 24.3 Å². The fourth-order valence-corrected chi connectivity index (χ4v) is 3.88. The minimum Gasteiger partial charge on any atom is -0.452 e. The molecule has 2 heterocycles. The third kappa shape index (κ3) is 4.93. The van der Waals surface area contributed by atoms with Crippen molar-refractivity contribution < 1.29 is 23.9 Å². The van der Waals surface area contributed by atoms with Gasteiger partial charge in [0.2, 0.25) is 11.8 Å². The zero-order valence-electron chi connectivity index (χ0n) is 15.3. The second-order valence-electron chi connectivity index (χ2n) is 6.06. The van der Waals surface area contributed by atoms with Gasteiger partial charge in [0.15, 0.2) is 6.61 Å². The summed E-state index contributed by atoms with van der Waals surface area (Å²) in [5, 5.41) is 2.51. The number of pyridine rings is 1. The third-order valence-electron chi connectivity index (χ3n) is 4.07. The van der Waals surface area contributed by atoms with Gasteiger partial charge in [0, 0.05) is 19.7 Å². The third-order valence-corrected chi connectivity index (χ3v) is 5.60. The molecule has 29 heavy (non-hydrogen) atoms. The molecule has 2 aromatic rings. The molecule has 3 rings (SSSR count). The summed E-state index contributed by atoms with van der Waals surface area (Å²) >= 11 is 6.99. The Bertz CT molecular complexity index is 984. The van der Waals surface area contributed by atoms with Crippen LogP contribution in [0.15, 0.2) is 47.6 Å². The Morgan fingerprint density at radius 1 is 1.28 bits per heavy atom. The van der Waals surface area contributed by atoms with E-state index in [1.165, 1.54) is 25.4 Å². The number of amides is 3. The van der Waals surface area contributed by atoms with E-state index in [-0.39, 0.29) is 28.8 Å². The Hall–Kier alpha value is -2.91. The van der Waals surface area contributed by atoms with E-state index in [0.717, 1.165) is 16.7 Å². The van der Waals surface area contributed by atoms with E-state index in [0.29, 0.717) is 10.7 Å². The number of thioether (sulfide) groups is 1. The molecule has 0 aliphatic carbocycles. The van der Waals surface area contributed by atoms with Gasteiger partial charge in [-0.2, -0.15) is 0 Å². The zero-order chi connectivity index (χ0) is 21.0. The lowest BCUT2D eigenvalue weighted by Crippen LogP contribution is -2.26. The number of benzene rings is 1. The van der Waals surface area contributed by atoms with E-state index in [4.69, 9.17) is 16.3 Å². The number of likely N-dealkylation sites (tertiary alicyclic amines) is 1. The highest BCUT2D eigenvalue weighted by Gasteiger charge is 2.37. The molecule has 8 nitrogen and oxygen atoms in total. The molecule has 0 bridgehead atoms. The average molecular weight is 434 g/mol. The van der Waals surface area contributed by atoms with E-state index in [9.17, 15) is 19.2 Å². The first-order valence-corrected chi connectivity index (χ1v) is 9.76. The van der Waals surface area contributed by atoms with Gasteiger partial charge in [-0.05, 0) is 24.3 Å². The van der Waals surface area contributed by atoms with Crippen LogP contribution in [-0.4, -0.2) is 52.5 Å². The number of carbonyl (C=O) groups is 4. The number of rotatable bonds is 6. The van der Waals surface area contributed by atoms with Crippen molar-refractivity contribution >= 4 is 52.7 Å². The van der Waals surface area contributed by atoms with Gasteiger partial charge >= 0.3 is 5.97 Å². The number of nitrogens with one attached hydrogen (secondary N) is 1. The molecule has 0 spiro atoms. The van der Waals surface area contributed by atoms with Crippen LogP contribution in [0.1, 0.15) is 16.8 Å². The van der Waals surface area contributed by atoms with Crippen LogP contribution in [0.4, 0.5) is 5.69 Å². The topological polar surface area (TPSA) is 106 Å². The first-order valence-electron chi connectivity index (χ1n) is 8.50. The molecule has 10 heteroatoms. The predicted octanol–water partition coefficient (Wildman–Crippen LogP) is 2.38. The lowest BCUT2D eigenvalue weighted by molar-refractivity contribution is -0.136. The van der Waals surface area contributed by atoms with Crippen LogP contribution in [0.25, 0.3) is 0 Å². The molecular weight excluding hydrogens is 418 g/mol. The number of aromatic nitrogens is 1. The van der Waals surface area contributed by atoms with Crippen LogP contribution >= 0.6 is 23.4 Å². The molecule has 1 N–H and O–H groups in total. The van der Waals surface area contributed by atoms with Crippen LogP contribution < -0.4 is 5.32 Å². The Balaban J connectivity index is 1.63. The number of hydrogen-bond acceptors (Lipinski definition) is 7. The number of carbonyl (C=O) groups excluding carboxylic acids is 4. The summed E-state index contributed by atoms with van der Waals surface area (Å²) in [6.45, 7) is -0.521. The molecule has 150 valence electrons. The number of esters is 1. The summed E-state index contributed by atoms with van der Waals surface area (Å²) in [4.78, 5) is 53.4. The predicted molar refractivity (Wildman–Crippen MR) is 107 cm³/mol. The second-order valence-corrected chi connectivity index (χ2v) is 7.66. The van der Waals surface area contributed by atoms with Crippen LogP contribution in [0, 0.1) is 0 Å². The maximum absolute atomic E-state index is 12.4. The number of hydrogen-bond donors (Lipinski definition) is 1. The van der Waals surface area contributed by atoms with Crippen molar-refractivity contribution in [2.45, 2.75) is 16.7 Å². The molecule has 0 saturated carbocycles. The summed E-state index contributed by atoms with van der Waals surface area (Å²) in [5.74, 6) is -1.95. The van der Waals surface area contributed by atoms with Crippen molar-refractivity contribution in [1.29, 1.82) is 0 Å². The minimum absolute atomic E-state index is 0.0330. The van der Waals surface area contributed by atoms with Crippen LogP contribution in [0.3, 0.4) is 0 Å². The fourth-order valence-electron chi connectivity index (χ4n) is 2.55. The molecule has 1 aliphatic heterocycles.